The molecule has 0 aromatic heterocycles. The number of rotatable bonds is 7. The molecule has 1 aliphatic carbocycles. The van der Waals surface area contributed by atoms with Crippen LogP contribution in [0.3, 0.4) is 0 Å². The molecule has 3 aromatic rings. The van der Waals surface area contributed by atoms with Crippen molar-refractivity contribution in [1.29, 1.82) is 0 Å². The van der Waals surface area contributed by atoms with Gasteiger partial charge in [-0.1, -0.05) is 104 Å². The molecule has 0 radical (unpaired) electrons. The maximum absolute atomic E-state index is 11.1. The van der Waals surface area contributed by atoms with Crippen LogP contribution >= 0.6 is 0 Å². The number of aliphatic hydroxyl groups is 1. The van der Waals surface area contributed by atoms with Crippen LogP contribution in [0.4, 0.5) is 0 Å². The second kappa shape index (κ2) is 9.89. The van der Waals surface area contributed by atoms with E-state index in [2.05, 4.69) is 111 Å². The zero-order chi connectivity index (χ0) is 24.5. The summed E-state index contributed by atoms with van der Waals surface area (Å²) in [4.78, 5) is 2.60. The summed E-state index contributed by atoms with van der Waals surface area (Å²) in [7, 11) is 0. The van der Waals surface area contributed by atoms with Crippen molar-refractivity contribution < 1.29 is 9.84 Å². The maximum Gasteiger partial charge on any atom is 0.126 e. The minimum atomic E-state index is -0.456. The van der Waals surface area contributed by atoms with Crippen LogP contribution in [0.1, 0.15) is 62.8 Å². The van der Waals surface area contributed by atoms with Crippen molar-refractivity contribution in [1.82, 2.24) is 4.90 Å². The average molecular weight is 470 g/mol. The molecule has 3 aromatic carbocycles. The van der Waals surface area contributed by atoms with E-state index in [-0.39, 0.29) is 23.6 Å². The van der Waals surface area contributed by atoms with Crippen LogP contribution in [0.5, 0.6) is 0 Å². The van der Waals surface area contributed by atoms with E-state index in [9.17, 15) is 5.11 Å². The van der Waals surface area contributed by atoms with Crippen molar-refractivity contribution in [3.8, 4) is 0 Å². The SMILES string of the molecule is C[C@@H]1CC[C@@H](C(C)(C)N2C[C@](OCc3ccccc3)(c3ccccc3)[C@@H]2c2ccccc2)[C@H](O)C1. The molecule has 0 amide bonds. The van der Waals surface area contributed by atoms with Crippen LogP contribution in [0.15, 0.2) is 91.0 Å². The van der Waals surface area contributed by atoms with Crippen molar-refractivity contribution in [2.75, 3.05) is 6.54 Å². The Kier molecular flexibility index (Phi) is 6.85. The van der Waals surface area contributed by atoms with Crippen LogP contribution in [0.25, 0.3) is 0 Å². The van der Waals surface area contributed by atoms with Crippen LogP contribution in [0.2, 0.25) is 0 Å². The Morgan fingerprint density at radius 3 is 2.11 bits per heavy atom. The largest absolute Gasteiger partial charge is 0.393 e. The van der Waals surface area contributed by atoms with Gasteiger partial charge in [0.1, 0.15) is 5.60 Å². The molecule has 1 saturated carbocycles. The predicted octanol–water partition coefficient (Wildman–Crippen LogP) is 6.73. The van der Waals surface area contributed by atoms with Crippen molar-refractivity contribution in [2.24, 2.45) is 11.8 Å². The first-order valence-corrected chi connectivity index (χ1v) is 13.1. The number of benzene rings is 3. The molecule has 2 fully saturated rings. The monoisotopic (exact) mass is 469 g/mol. The van der Waals surface area contributed by atoms with Crippen molar-refractivity contribution in [2.45, 2.75) is 69.9 Å². The average Bonchev–Trinajstić information content (AvgIpc) is 2.85. The smallest absolute Gasteiger partial charge is 0.126 e. The summed E-state index contributed by atoms with van der Waals surface area (Å²) < 4.78 is 6.96. The van der Waals surface area contributed by atoms with Crippen molar-refractivity contribution in [3.05, 3.63) is 108 Å². The number of aliphatic hydroxyl groups excluding tert-OH is 1. The zero-order valence-corrected chi connectivity index (χ0v) is 21.3. The maximum atomic E-state index is 11.1. The highest BCUT2D eigenvalue weighted by Gasteiger charge is 2.61. The van der Waals surface area contributed by atoms with Gasteiger partial charge in [0.2, 0.25) is 0 Å². The molecule has 3 heteroatoms. The van der Waals surface area contributed by atoms with Gasteiger partial charge >= 0.3 is 0 Å². The van der Waals surface area contributed by atoms with Gasteiger partial charge in [-0.3, -0.25) is 4.90 Å². The van der Waals surface area contributed by atoms with E-state index in [0.29, 0.717) is 12.5 Å². The Bertz CT molecular complexity index is 1080. The van der Waals surface area contributed by atoms with E-state index in [1.807, 2.05) is 6.07 Å². The van der Waals surface area contributed by atoms with Crippen LogP contribution in [-0.4, -0.2) is 28.2 Å². The summed E-state index contributed by atoms with van der Waals surface area (Å²) >= 11 is 0. The van der Waals surface area contributed by atoms with Gasteiger partial charge in [0.25, 0.3) is 0 Å². The van der Waals surface area contributed by atoms with Crippen LogP contribution < -0.4 is 0 Å². The molecule has 5 rings (SSSR count). The molecule has 3 nitrogen and oxygen atoms in total. The summed E-state index contributed by atoms with van der Waals surface area (Å²) in [6, 6.07) is 32.1. The fourth-order valence-electron chi connectivity index (χ4n) is 6.54. The fourth-order valence-corrected chi connectivity index (χ4v) is 6.54. The Labute approximate surface area is 210 Å². The summed E-state index contributed by atoms with van der Waals surface area (Å²) in [5, 5.41) is 11.1. The highest BCUT2D eigenvalue weighted by atomic mass is 16.5. The normalized spacial score (nSPS) is 29.5. The first kappa shape index (κ1) is 24.2. The second-order valence-corrected chi connectivity index (χ2v) is 11.2. The van der Waals surface area contributed by atoms with E-state index in [1.165, 1.54) is 23.1 Å². The number of hydrogen-bond acceptors (Lipinski definition) is 3. The number of likely N-dealkylation sites (tertiary alicyclic amines) is 1. The molecule has 5 atom stereocenters. The van der Waals surface area contributed by atoms with E-state index < -0.39 is 5.60 Å². The second-order valence-electron chi connectivity index (χ2n) is 11.2. The van der Waals surface area contributed by atoms with E-state index in [1.54, 1.807) is 0 Å². The van der Waals surface area contributed by atoms with Crippen molar-refractivity contribution >= 4 is 0 Å². The summed E-state index contributed by atoms with van der Waals surface area (Å²) in [5.41, 5.74) is 3.05. The Morgan fingerprint density at radius 1 is 0.886 bits per heavy atom. The number of hydrogen-bond donors (Lipinski definition) is 1. The molecule has 0 spiro atoms. The third-order valence-electron chi connectivity index (χ3n) is 8.60. The quantitative estimate of drug-likeness (QED) is 0.416. The lowest BCUT2D eigenvalue weighted by Gasteiger charge is -2.64. The molecule has 1 heterocycles. The first-order valence-electron chi connectivity index (χ1n) is 13.1. The molecule has 0 unspecified atom stereocenters. The Morgan fingerprint density at radius 2 is 1.49 bits per heavy atom. The highest BCUT2D eigenvalue weighted by molar-refractivity contribution is 5.37. The van der Waals surface area contributed by atoms with Gasteiger partial charge in [0.15, 0.2) is 0 Å². The standard InChI is InChI=1S/C32H39NO2/c1-24-19-20-28(29(34)21-24)31(2,3)33-23-32(27-17-11-6-12-18-27,30(33)26-15-9-5-10-16-26)35-22-25-13-7-4-8-14-25/h4-18,24,28-30,34H,19-23H2,1-3H3/t24-,28-,29-,30+,32+/m1/s1. The molecule has 2 aliphatic rings. The van der Waals surface area contributed by atoms with Gasteiger partial charge in [0.05, 0.1) is 18.8 Å². The molecule has 184 valence electrons. The molecule has 0 bridgehead atoms. The Balaban J connectivity index is 1.54. The van der Waals surface area contributed by atoms with Gasteiger partial charge in [0, 0.05) is 18.0 Å². The zero-order valence-electron chi connectivity index (χ0n) is 21.3. The van der Waals surface area contributed by atoms with E-state index in [0.717, 1.165) is 19.4 Å². The third-order valence-corrected chi connectivity index (χ3v) is 8.60. The highest BCUT2D eigenvalue weighted by Crippen LogP contribution is 2.57. The lowest BCUT2D eigenvalue weighted by Crippen LogP contribution is -2.71. The van der Waals surface area contributed by atoms with Crippen LogP contribution in [0, 0.1) is 11.8 Å². The topological polar surface area (TPSA) is 32.7 Å². The molecule has 35 heavy (non-hydrogen) atoms. The molecular formula is C32H39NO2. The molecule has 1 aliphatic heterocycles. The summed E-state index contributed by atoms with van der Waals surface area (Å²) in [6.07, 6.45) is 2.88. The molecular weight excluding hydrogens is 430 g/mol. The predicted molar refractivity (Wildman–Crippen MR) is 142 cm³/mol. The lowest BCUT2D eigenvalue weighted by molar-refractivity contribution is -0.247. The Hall–Kier alpha value is -2.46. The van der Waals surface area contributed by atoms with Gasteiger partial charge in [-0.15, -0.1) is 0 Å². The molecule has 1 saturated heterocycles. The summed E-state index contributed by atoms with van der Waals surface area (Å²) in [6.45, 7) is 8.30. The van der Waals surface area contributed by atoms with E-state index >= 15 is 0 Å². The minimum Gasteiger partial charge on any atom is -0.393 e. The molecule has 1 N–H and O–H groups in total. The first-order chi connectivity index (χ1) is 16.9. The number of nitrogens with zero attached hydrogens (tertiary/aromatic N) is 1. The van der Waals surface area contributed by atoms with Gasteiger partial charge in [-0.05, 0) is 49.3 Å². The number of ether oxygens (including phenoxy) is 1. The van der Waals surface area contributed by atoms with Gasteiger partial charge < -0.3 is 9.84 Å². The minimum absolute atomic E-state index is 0.0661. The van der Waals surface area contributed by atoms with E-state index in [4.69, 9.17) is 4.74 Å². The van der Waals surface area contributed by atoms with Gasteiger partial charge in [-0.25, -0.2) is 0 Å². The fraction of sp³-hybridized carbons (Fsp3) is 0.438. The third kappa shape index (κ3) is 4.58. The van der Waals surface area contributed by atoms with Crippen molar-refractivity contribution in [3.63, 3.8) is 0 Å². The lowest BCUT2D eigenvalue weighted by atomic mass is 9.65. The van der Waals surface area contributed by atoms with Crippen LogP contribution in [-0.2, 0) is 16.9 Å². The van der Waals surface area contributed by atoms with Gasteiger partial charge in [-0.2, -0.15) is 0 Å². The summed E-state index contributed by atoms with van der Waals surface area (Å²) in [5.74, 6) is 0.837.